The zero-order valence-corrected chi connectivity index (χ0v) is 9.17. The van der Waals surface area contributed by atoms with E-state index in [9.17, 15) is 9.18 Å². The van der Waals surface area contributed by atoms with Gasteiger partial charge in [0.05, 0.1) is 12.2 Å². The number of hydrogen-bond donors (Lipinski definition) is 1. The van der Waals surface area contributed by atoms with Crippen LogP contribution in [0, 0.1) is 6.08 Å². The molecule has 0 fully saturated rings. The van der Waals surface area contributed by atoms with Gasteiger partial charge in [0, 0.05) is 0 Å². The minimum absolute atomic E-state index is 0.154. The minimum Gasteiger partial charge on any atom is -0.477 e. The van der Waals surface area contributed by atoms with E-state index in [0.29, 0.717) is 0 Å². The molecule has 0 aliphatic carbocycles. The quantitative estimate of drug-likeness (QED) is 0.886. The highest BCUT2D eigenvalue weighted by Crippen LogP contribution is 2.21. The molecular weight excluding hydrogens is 223 g/mol. The van der Waals surface area contributed by atoms with E-state index < -0.39 is 18.1 Å². The molecule has 0 spiro atoms. The van der Waals surface area contributed by atoms with Gasteiger partial charge in [0.2, 0.25) is 0 Å². The van der Waals surface area contributed by atoms with Crippen molar-refractivity contribution in [3.8, 4) is 0 Å². The van der Waals surface area contributed by atoms with Crippen molar-refractivity contribution < 1.29 is 14.3 Å². The SMILES string of the molecule is C[C@H](c1ccccc1)n1c(C(=O)O)cnc1F. The van der Waals surface area contributed by atoms with Crippen LogP contribution in [0.2, 0.25) is 0 Å². The van der Waals surface area contributed by atoms with Crippen molar-refractivity contribution in [3.05, 3.63) is 53.9 Å². The molecule has 0 saturated carbocycles. The molecule has 0 aliphatic heterocycles. The second-order valence-corrected chi connectivity index (χ2v) is 3.67. The first kappa shape index (κ1) is 11.3. The predicted octanol–water partition coefficient (Wildman–Crippen LogP) is 2.33. The van der Waals surface area contributed by atoms with Crippen LogP contribution in [0.15, 0.2) is 36.5 Å². The van der Waals surface area contributed by atoms with Gasteiger partial charge in [-0.25, -0.2) is 9.78 Å². The fraction of sp³-hybridized carbons (Fsp3) is 0.167. The Kier molecular flexibility index (Phi) is 2.91. The largest absolute Gasteiger partial charge is 0.477 e. The molecule has 0 amide bonds. The summed E-state index contributed by atoms with van der Waals surface area (Å²) < 4.78 is 14.6. The Bertz CT molecular complexity index is 537. The van der Waals surface area contributed by atoms with Crippen molar-refractivity contribution in [2.45, 2.75) is 13.0 Å². The van der Waals surface area contributed by atoms with Crippen LogP contribution >= 0.6 is 0 Å². The second kappa shape index (κ2) is 4.37. The first-order valence-corrected chi connectivity index (χ1v) is 5.12. The molecular formula is C12H11FN2O2. The Balaban J connectivity index is 2.47. The molecule has 0 aliphatic rings. The molecule has 0 bridgehead atoms. The molecule has 1 aromatic carbocycles. The van der Waals surface area contributed by atoms with Gasteiger partial charge in [-0.1, -0.05) is 30.3 Å². The Morgan fingerprint density at radius 2 is 2.06 bits per heavy atom. The van der Waals surface area contributed by atoms with Gasteiger partial charge in [-0.05, 0) is 12.5 Å². The molecule has 2 rings (SSSR count). The topological polar surface area (TPSA) is 55.1 Å². The molecule has 1 N–H and O–H groups in total. The number of halogens is 1. The first-order chi connectivity index (χ1) is 8.11. The fourth-order valence-corrected chi connectivity index (χ4v) is 1.75. The number of aromatic carboxylic acids is 1. The summed E-state index contributed by atoms with van der Waals surface area (Å²) in [5.41, 5.74) is 0.672. The summed E-state index contributed by atoms with van der Waals surface area (Å²) in [4.78, 5) is 14.3. The third-order valence-corrected chi connectivity index (χ3v) is 2.64. The molecule has 0 saturated heterocycles. The number of benzene rings is 1. The standard InChI is InChI=1S/C12H11FN2O2/c1-8(9-5-3-2-4-6-9)15-10(11(16)17)7-14-12(15)13/h2-8H,1H3,(H,16,17)/t8-/m1/s1. The monoisotopic (exact) mass is 234 g/mol. The predicted molar refractivity (Wildman–Crippen MR) is 59.4 cm³/mol. The maximum absolute atomic E-state index is 13.5. The van der Waals surface area contributed by atoms with Gasteiger partial charge in [-0.3, -0.25) is 4.57 Å². The van der Waals surface area contributed by atoms with Gasteiger partial charge in [0.25, 0.3) is 6.08 Å². The third-order valence-electron chi connectivity index (χ3n) is 2.64. The smallest absolute Gasteiger partial charge is 0.354 e. The molecule has 0 unspecified atom stereocenters. The fourth-order valence-electron chi connectivity index (χ4n) is 1.75. The number of imidazole rings is 1. The number of carboxylic acids is 1. The second-order valence-electron chi connectivity index (χ2n) is 3.67. The van der Waals surface area contributed by atoms with E-state index >= 15 is 0 Å². The average molecular weight is 234 g/mol. The highest BCUT2D eigenvalue weighted by molar-refractivity contribution is 5.85. The van der Waals surface area contributed by atoms with Crippen molar-refractivity contribution in [2.24, 2.45) is 0 Å². The van der Waals surface area contributed by atoms with E-state index in [0.717, 1.165) is 16.3 Å². The van der Waals surface area contributed by atoms with E-state index in [1.807, 2.05) is 30.3 Å². The van der Waals surface area contributed by atoms with Crippen LogP contribution in [0.5, 0.6) is 0 Å². The van der Waals surface area contributed by atoms with Crippen LogP contribution in [0.4, 0.5) is 4.39 Å². The van der Waals surface area contributed by atoms with Crippen molar-refractivity contribution in [1.29, 1.82) is 0 Å². The lowest BCUT2D eigenvalue weighted by molar-refractivity contribution is 0.0682. The number of nitrogens with zero attached hydrogens (tertiary/aromatic N) is 2. The summed E-state index contributed by atoms with van der Waals surface area (Å²) in [5.74, 6) is -1.19. The molecule has 2 aromatic rings. The van der Waals surface area contributed by atoms with Gasteiger partial charge < -0.3 is 5.11 Å². The van der Waals surface area contributed by atoms with E-state index in [-0.39, 0.29) is 5.69 Å². The molecule has 1 atom stereocenters. The maximum Gasteiger partial charge on any atom is 0.354 e. The van der Waals surface area contributed by atoms with E-state index in [2.05, 4.69) is 4.98 Å². The van der Waals surface area contributed by atoms with Gasteiger partial charge in [0.15, 0.2) is 0 Å². The lowest BCUT2D eigenvalue weighted by Gasteiger charge is -2.15. The summed E-state index contributed by atoms with van der Waals surface area (Å²) in [6, 6.07) is 8.71. The molecule has 17 heavy (non-hydrogen) atoms. The van der Waals surface area contributed by atoms with Crippen LogP contribution in [-0.4, -0.2) is 20.6 Å². The molecule has 4 nitrogen and oxygen atoms in total. The molecule has 5 heteroatoms. The van der Waals surface area contributed by atoms with E-state index in [4.69, 9.17) is 5.11 Å². The Morgan fingerprint density at radius 3 is 2.65 bits per heavy atom. The Morgan fingerprint density at radius 1 is 1.41 bits per heavy atom. The van der Waals surface area contributed by atoms with Crippen molar-refractivity contribution in [3.63, 3.8) is 0 Å². The van der Waals surface area contributed by atoms with Gasteiger partial charge in [-0.2, -0.15) is 4.39 Å². The lowest BCUT2D eigenvalue weighted by Crippen LogP contribution is -2.15. The van der Waals surface area contributed by atoms with Gasteiger partial charge in [0.1, 0.15) is 5.69 Å². The van der Waals surface area contributed by atoms with E-state index in [1.54, 1.807) is 6.92 Å². The highest BCUT2D eigenvalue weighted by Gasteiger charge is 2.20. The zero-order valence-electron chi connectivity index (χ0n) is 9.17. The number of rotatable bonds is 3. The lowest BCUT2D eigenvalue weighted by atomic mass is 10.1. The van der Waals surface area contributed by atoms with Gasteiger partial charge in [-0.15, -0.1) is 0 Å². The number of aromatic nitrogens is 2. The number of hydrogen-bond acceptors (Lipinski definition) is 2. The number of carboxylic acid groups (broad SMARTS) is 1. The normalized spacial score (nSPS) is 12.4. The number of carbonyl (C=O) groups is 1. The summed E-state index contributed by atoms with van der Waals surface area (Å²) >= 11 is 0. The van der Waals surface area contributed by atoms with Crippen LogP contribution in [0.3, 0.4) is 0 Å². The van der Waals surface area contributed by atoms with Crippen LogP contribution < -0.4 is 0 Å². The maximum atomic E-state index is 13.5. The molecule has 88 valence electrons. The van der Waals surface area contributed by atoms with Crippen molar-refractivity contribution in [1.82, 2.24) is 9.55 Å². The Hall–Kier alpha value is -2.17. The van der Waals surface area contributed by atoms with Crippen LogP contribution in [-0.2, 0) is 0 Å². The highest BCUT2D eigenvalue weighted by atomic mass is 19.1. The summed E-state index contributed by atoms with van der Waals surface area (Å²) in [6.45, 7) is 1.73. The summed E-state index contributed by atoms with van der Waals surface area (Å²) in [6.07, 6.45) is 0.232. The average Bonchev–Trinajstić information content (AvgIpc) is 2.71. The van der Waals surface area contributed by atoms with Crippen LogP contribution in [0.1, 0.15) is 29.0 Å². The van der Waals surface area contributed by atoms with E-state index in [1.165, 1.54) is 0 Å². The zero-order chi connectivity index (χ0) is 12.4. The third kappa shape index (κ3) is 2.04. The Labute approximate surface area is 97.3 Å². The molecule has 1 aromatic heterocycles. The first-order valence-electron chi connectivity index (χ1n) is 5.12. The van der Waals surface area contributed by atoms with Crippen molar-refractivity contribution in [2.75, 3.05) is 0 Å². The summed E-state index contributed by atoms with van der Waals surface area (Å²) in [5, 5.41) is 8.95. The van der Waals surface area contributed by atoms with Crippen LogP contribution in [0.25, 0.3) is 0 Å². The summed E-state index contributed by atoms with van der Waals surface area (Å²) in [7, 11) is 0. The minimum atomic E-state index is -1.19. The molecule has 1 heterocycles. The van der Waals surface area contributed by atoms with Crippen molar-refractivity contribution >= 4 is 5.97 Å². The van der Waals surface area contributed by atoms with Gasteiger partial charge >= 0.3 is 5.97 Å². The molecule has 0 radical (unpaired) electrons.